The zero-order chi connectivity index (χ0) is 17.9. The van der Waals surface area contributed by atoms with Crippen molar-refractivity contribution >= 4 is 12.0 Å². The highest BCUT2D eigenvalue weighted by atomic mass is 16.5. The molecule has 2 rings (SSSR count). The maximum atomic E-state index is 11.1. The molecule has 1 heterocycles. The summed E-state index contributed by atoms with van der Waals surface area (Å²) in [6, 6.07) is 14.9. The number of hydrogen-bond donors (Lipinski definition) is 3. The van der Waals surface area contributed by atoms with Crippen LogP contribution in [0.15, 0.2) is 59.7 Å². The molecule has 1 aromatic carbocycles. The van der Waals surface area contributed by atoms with E-state index in [1.165, 1.54) is 0 Å². The number of rotatable bonds is 7. The number of nitrogens with two attached hydrogens (primary N) is 1. The summed E-state index contributed by atoms with van der Waals surface area (Å²) in [4.78, 5) is 19.7. The van der Waals surface area contributed by atoms with Crippen molar-refractivity contribution < 1.29 is 9.53 Å². The van der Waals surface area contributed by atoms with Crippen molar-refractivity contribution in [1.82, 2.24) is 15.6 Å². The zero-order valence-corrected chi connectivity index (χ0v) is 14.2. The first kappa shape index (κ1) is 18.4. The number of nitrogens with one attached hydrogen (secondary N) is 2. The third-order valence-electron chi connectivity index (χ3n) is 3.29. The zero-order valence-electron chi connectivity index (χ0n) is 14.2. The highest BCUT2D eigenvalue weighted by Crippen LogP contribution is 2.02. The largest absolute Gasteiger partial charge is 0.354 e. The van der Waals surface area contributed by atoms with Crippen LogP contribution in [0.25, 0.3) is 0 Å². The Kier molecular flexibility index (Phi) is 7.40. The highest BCUT2D eigenvalue weighted by molar-refractivity contribution is 5.95. The minimum Gasteiger partial charge on any atom is -0.354 e. The number of ether oxygens (including phenoxy) is 1. The van der Waals surface area contributed by atoms with Crippen LogP contribution in [0.2, 0.25) is 0 Å². The van der Waals surface area contributed by atoms with Crippen molar-refractivity contribution in [3.05, 3.63) is 66.0 Å². The van der Waals surface area contributed by atoms with Crippen LogP contribution in [-0.4, -0.2) is 29.7 Å². The van der Waals surface area contributed by atoms with Crippen LogP contribution in [0, 0.1) is 0 Å². The van der Waals surface area contributed by atoms with Crippen molar-refractivity contribution in [3.8, 4) is 0 Å². The standard InChI is InChI=1S/C18H23N5O2/c1-14(25-13-15-7-3-2-4-8-15)22-18(23-17(19)24)21-12-10-16-9-5-6-11-20-16/h2-9,11,14H,10,12-13H2,1H3,(H4,19,21,22,23,24). The molecule has 0 spiro atoms. The Labute approximate surface area is 147 Å². The van der Waals surface area contributed by atoms with E-state index in [9.17, 15) is 4.79 Å². The van der Waals surface area contributed by atoms with Crippen LogP contribution in [0.4, 0.5) is 4.79 Å². The van der Waals surface area contributed by atoms with E-state index in [0.29, 0.717) is 19.6 Å². The third kappa shape index (κ3) is 7.45. The predicted molar refractivity (Wildman–Crippen MR) is 96.8 cm³/mol. The molecule has 0 aliphatic rings. The van der Waals surface area contributed by atoms with Gasteiger partial charge >= 0.3 is 6.03 Å². The van der Waals surface area contributed by atoms with Crippen molar-refractivity contribution in [2.24, 2.45) is 10.7 Å². The van der Waals surface area contributed by atoms with E-state index < -0.39 is 6.03 Å². The van der Waals surface area contributed by atoms with Gasteiger partial charge in [0.15, 0.2) is 0 Å². The van der Waals surface area contributed by atoms with Gasteiger partial charge in [0, 0.05) is 24.9 Å². The second kappa shape index (κ2) is 10.0. The van der Waals surface area contributed by atoms with E-state index in [1.807, 2.05) is 55.5 Å². The molecule has 0 saturated carbocycles. The summed E-state index contributed by atoms with van der Waals surface area (Å²) in [6.45, 7) is 2.75. The molecule has 132 valence electrons. The molecule has 1 aromatic heterocycles. The van der Waals surface area contributed by atoms with Gasteiger partial charge in [-0.25, -0.2) is 4.79 Å². The van der Waals surface area contributed by atoms with E-state index in [2.05, 4.69) is 20.6 Å². The first-order chi connectivity index (χ1) is 12.1. The molecule has 0 bridgehead atoms. The summed E-state index contributed by atoms with van der Waals surface area (Å²) in [7, 11) is 0. The van der Waals surface area contributed by atoms with Crippen molar-refractivity contribution in [2.45, 2.75) is 26.2 Å². The van der Waals surface area contributed by atoms with Gasteiger partial charge in [0.2, 0.25) is 5.96 Å². The summed E-state index contributed by atoms with van der Waals surface area (Å²) >= 11 is 0. The van der Waals surface area contributed by atoms with Crippen molar-refractivity contribution in [3.63, 3.8) is 0 Å². The Morgan fingerprint density at radius 1 is 1.24 bits per heavy atom. The molecule has 2 amide bonds. The summed E-state index contributed by atoms with van der Waals surface area (Å²) < 4.78 is 5.71. The van der Waals surface area contributed by atoms with Gasteiger partial charge < -0.3 is 15.8 Å². The quantitative estimate of drug-likeness (QED) is 0.406. The number of guanidine groups is 1. The molecular weight excluding hydrogens is 318 g/mol. The van der Waals surface area contributed by atoms with E-state index in [4.69, 9.17) is 10.5 Å². The molecule has 1 unspecified atom stereocenters. The van der Waals surface area contributed by atoms with Crippen LogP contribution in [0.5, 0.6) is 0 Å². The monoisotopic (exact) mass is 341 g/mol. The highest BCUT2D eigenvalue weighted by Gasteiger charge is 2.08. The first-order valence-electron chi connectivity index (χ1n) is 8.06. The van der Waals surface area contributed by atoms with Crippen LogP contribution < -0.4 is 16.4 Å². The topological polar surface area (TPSA) is 102 Å². The number of primary amides is 1. The summed E-state index contributed by atoms with van der Waals surface area (Å²) in [5, 5.41) is 5.47. The molecule has 0 aliphatic heterocycles. The number of nitrogens with zero attached hydrogens (tertiary/aromatic N) is 2. The molecule has 1 atom stereocenters. The molecule has 0 aliphatic carbocycles. The lowest BCUT2D eigenvalue weighted by molar-refractivity contribution is 0.0430. The Morgan fingerprint density at radius 3 is 2.68 bits per heavy atom. The molecule has 7 nitrogen and oxygen atoms in total. The average molecular weight is 341 g/mol. The van der Waals surface area contributed by atoms with Gasteiger partial charge in [-0.1, -0.05) is 36.4 Å². The third-order valence-corrected chi connectivity index (χ3v) is 3.29. The lowest BCUT2D eigenvalue weighted by Gasteiger charge is -2.17. The molecule has 0 fully saturated rings. The maximum Gasteiger partial charge on any atom is 0.318 e. The van der Waals surface area contributed by atoms with Crippen molar-refractivity contribution in [1.29, 1.82) is 0 Å². The minimum atomic E-state index is -0.681. The molecule has 0 radical (unpaired) electrons. The fraction of sp³-hybridized carbons (Fsp3) is 0.278. The number of amides is 2. The van der Waals surface area contributed by atoms with Gasteiger partial charge in [-0.05, 0) is 24.6 Å². The Hall–Kier alpha value is -2.93. The molecule has 0 saturated heterocycles. The van der Waals surface area contributed by atoms with E-state index in [1.54, 1.807) is 6.20 Å². The van der Waals surface area contributed by atoms with Gasteiger partial charge in [0.1, 0.15) is 6.23 Å². The number of hydrogen-bond acceptors (Lipinski definition) is 4. The Morgan fingerprint density at radius 2 is 2.00 bits per heavy atom. The van der Waals surface area contributed by atoms with Gasteiger partial charge in [0.05, 0.1) is 6.61 Å². The fourth-order valence-electron chi connectivity index (χ4n) is 2.10. The fourth-order valence-corrected chi connectivity index (χ4v) is 2.10. The summed E-state index contributed by atoms with van der Waals surface area (Å²) in [5.74, 6) is 0.281. The smallest absolute Gasteiger partial charge is 0.318 e. The van der Waals surface area contributed by atoms with Crippen molar-refractivity contribution in [2.75, 3.05) is 6.54 Å². The maximum absolute atomic E-state index is 11.1. The minimum absolute atomic E-state index is 0.281. The summed E-state index contributed by atoms with van der Waals surface area (Å²) in [5.41, 5.74) is 7.18. The number of aliphatic imine (C=N–C) groups is 1. The Bertz CT molecular complexity index is 676. The average Bonchev–Trinajstić information content (AvgIpc) is 2.61. The molecule has 2 aromatic rings. The van der Waals surface area contributed by atoms with Crippen LogP contribution in [0.3, 0.4) is 0 Å². The van der Waals surface area contributed by atoms with Crippen LogP contribution in [0.1, 0.15) is 18.2 Å². The summed E-state index contributed by atoms with van der Waals surface area (Å²) in [6.07, 6.45) is 2.05. The van der Waals surface area contributed by atoms with Gasteiger partial charge in [-0.2, -0.15) is 0 Å². The van der Waals surface area contributed by atoms with Gasteiger partial charge in [-0.3, -0.25) is 15.3 Å². The molecular formula is C18H23N5O2. The van der Waals surface area contributed by atoms with Gasteiger partial charge in [0.25, 0.3) is 0 Å². The Balaban J connectivity index is 1.85. The van der Waals surface area contributed by atoms with E-state index >= 15 is 0 Å². The normalized spacial score (nSPS) is 12.4. The number of carbonyl (C=O) groups excluding carboxylic acids is 1. The number of aromatic nitrogens is 1. The second-order valence-corrected chi connectivity index (χ2v) is 5.37. The predicted octanol–water partition coefficient (Wildman–Crippen LogP) is 1.80. The van der Waals surface area contributed by atoms with Crippen LogP contribution in [-0.2, 0) is 17.8 Å². The lowest BCUT2D eigenvalue weighted by Crippen LogP contribution is -2.47. The number of benzene rings is 1. The number of pyridine rings is 1. The molecule has 4 N–H and O–H groups in total. The SMILES string of the molecule is CC(NC(=NCCc1ccccn1)NC(N)=O)OCc1ccccc1. The molecule has 7 heteroatoms. The van der Waals surface area contributed by atoms with Crippen LogP contribution >= 0.6 is 0 Å². The molecule has 25 heavy (non-hydrogen) atoms. The van der Waals surface area contributed by atoms with E-state index in [-0.39, 0.29) is 12.2 Å². The van der Waals surface area contributed by atoms with Gasteiger partial charge in [-0.15, -0.1) is 0 Å². The lowest BCUT2D eigenvalue weighted by atomic mass is 10.2. The number of urea groups is 1. The van der Waals surface area contributed by atoms with E-state index in [0.717, 1.165) is 11.3 Å². The number of carbonyl (C=O) groups is 1. The second-order valence-electron chi connectivity index (χ2n) is 5.37. The first-order valence-corrected chi connectivity index (χ1v) is 8.06.